The third kappa shape index (κ3) is 4.88. The fourth-order valence-corrected chi connectivity index (χ4v) is 1.43. The molecule has 1 saturated heterocycles. The van der Waals surface area contributed by atoms with Crippen LogP contribution in [-0.4, -0.2) is 67.1 Å². The average Bonchev–Trinajstić information content (AvgIpc) is 2.26. The van der Waals surface area contributed by atoms with Gasteiger partial charge in [0, 0.05) is 0 Å². The first-order chi connectivity index (χ1) is 8.29. The van der Waals surface area contributed by atoms with Crippen LogP contribution in [0.3, 0.4) is 0 Å². The van der Waals surface area contributed by atoms with Crippen molar-refractivity contribution in [3.8, 4) is 0 Å². The van der Waals surface area contributed by atoms with E-state index in [0.29, 0.717) is 0 Å². The maximum atomic E-state index is 12.2. The number of amides is 1. The number of carbonyl (C=O) groups excluding carboxylic acids is 1. The van der Waals surface area contributed by atoms with E-state index in [1.54, 1.807) is 0 Å². The lowest BCUT2D eigenvalue weighted by Gasteiger charge is -2.28. The van der Waals surface area contributed by atoms with Gasteiger partial charge >= 0.3 is 12.1 Å². The van der Waals surface area contributed by atoms with E-state index in [2.05, 4.69) is 0 Å². The molecule has 1 rings (SSSR count). The van der Waals surface area contributed by atoms with Crippen LogP contribution in [0.2, 0.25) is 0 Å². The monoisotopic (exact) mass is 271 g/mol. The Balaban J connectivity index is 2.68. The summed E-state index contributed by atoms with van der Waals surface area (Å²) < 4.78 is 46.5. The van der Waals surface area contributed by atoms with Gasteiger partial charge in [-0.15, -0.1) is 0 Å². The number of ether oxygens (including phenoxy) is 2. The Morgan fingerprint density at radius 2 is 2.00 bits per heavy atom. The lowest BCUT2D eigenvalue weighted by molar-refractivity contribution is -0.179. The molecule has 1 atom stereocenters. The van der Waals surface area contributed by atoms with Gasteiger partial charge in [-0.2, -0.15) is 13.2 Å². The first-order valence-electron chi connectivity index (χ1n) is 5.06. The van der Waals surface area contributed by atoms with Crippen LogP contribution in [0.4, 0.5) is 13.2 Å². The highest BCUT2D eigenvalue weighted by molar-refractivity contribution is 5.84. The molecule has 1 amide bonds. The third-order valence-electron chi connectivity index (χ3n) is 2.10. The number of carbonyl (C=O) groups is 2. The van der Waals surface area contributed by atoms with Crippen LogP contribution in [0.5, 0.6) is 0 Å². The van der Waals surface area contributed by atoms with Gasteiger partial charge in [-0.1, -0.05) is 0 Å². The van der Waals surface area contributed by atoms with Crippen LogP contribution in [-0.2, 0) is 19.1 Å². The topological polar surface area (TPSA) is 76.1 Å². The zero-order valence-electron chi connectivity index (χ0n) is 9.27. The molecule has 6 nitrogen and oxygen atoms in total. The lowest BCUT2D eigenvalue weighted by atomic mass is 10.3. The Morgan fingerprint density at radius 1 is 1.33 bits per heavy atom. The molecule has 0 aromatic carbocycles. The van der Waals surface area contributed by atoms with E-state index in [1.165, 1.54) is 0 Å². The van der Waals surface area contributed by atoms with E-state index in [-0.39, 0.29) is 24.7 Å². The molecule has 0 saturated carbocycles. The largest absolute Gasteiger partial charge is 0.480 e. The fraction of sp³-hybridized carbons (Fsp3) is 0.778. The molecule has 1 fully saturated rings. The summed E-state index contributed by atoms with van der Waals surface area (Å²) in [5.74, 6) is -2.56. The van der Waals surface area contributed by atoms with Gasteiger partial charge in [0.15, 0.2) is 6.10 Å². The number of halogens is 3. The second-order valence-electron chi connectivity index (χ2n) is 3.64. The Bertz CT molecular complexity index is 314. The molecule has 1 aliphatic heterocycles. The highest BCUT2D eigenvalue weighted by Gasteiger charge is 2.37. The second kappa shape index (κ2) is 6.01. The van der Waals surface area contributed by atoms with Crippen molar-refractivity contribution in [3.05, 3.63) is 0 Å². The number of carboxylic acids is 1. The predicted octanol–water partition coefficient (Wildman–Crippen LogP) is -0.123. The van der Waals surface area contributed by atoms with Crippen molar-refractivity contribution in [3.63, 3.8) is 0 Å². The highest BCUT2D eigenvalue weighted by atomic mass is 19.4. The van der Waals surface area contributed by atoms with Crippen LogP contribution < -0.4 is 0 Å². The molecule has 9 heteroatoms. The van der Waals surface area contributed by atoms with E-state index in [9.17, 15) is 22.8 Å². The summed E-state index contributed by atoms with van der Waals surface area (Å²) >= 11 is 0. The van der Waals surface area contributed by atoms with Crippen molar-refractivity contribution in [2.45, 2.75) is 12.3 Å². The number of hydrogen-bond acceptors (Lipinski definition) is 4. The number of nitrogens with zero attached hydrogens (tertiary/aromatic N) is 1. The first kappa shape index (κ1) is 14.7. The molecule has 1 unspecified atom stereocenters. The quantitative estimate of drug-likeness (QED) is 0.771. The minimum absolute atomic E-state index is 0.0866. The Hall–Kier alpha value is -1.35. The van der Waals surface area contributed by atoms with Gasteiger partial charge < -0.3 is 19.5 Å². The molecule has 1 N–H and O–H groups in total. The number of aliphatic carboxylic acids is 1. The normalized spacial score (nSPS) is 20.5. The van der Waals surface area contributed by atoms with E-state index in [0.717, 1.165) is 0 Å². The molecule has 1 heterocycles. The minimum Gasteiger partial charge on any atom is -0.480 e. The summed E-state index contributed by atoms with van der Waals surface area (Å²) in [5.41, 5.74) is 0. The van der Waals surface area contributed by atoms with Crippen LogP contribution in [0.25, 0.3) is 0 Å². The molecule has 0 radical (unpaired) electrons. The number of rotatable bonds is 4. The zero-order chi connectivity index (χ0) is 13.8. The number of hydrogen-bond donors (Lipinski definition) is 1. The fourth-order valence-electron chi connectivity index (χ4n) is 1.43. The SMILES string of the molecule is O=C(O)CN(CC(F)(F)F)C(=O)C1COCCO1. The van der Waals surface area contributed by atoms with Crippen molar-refractivity contribution >= 4 is 11.9 Å². The van der Waals surface area contributed by atoms with E-state index < -0.39 is 37.2 Å². The standard InChI is InChI=1S/C9H12F3NO5/c10-9(11,12)5-13(3-7(14)15)8(16)6-4-17-1-2-18-6/h6H,1-5H2,(H,14,15). The maximum absolute atomic E-state index is 12.2. The zero-order valence-corrected chi connectivity index (χ0v) is 9.27. The molecular formula is C9H12F3NO5. The van der Waals surface area contributed by atoms with Gasteiger partial charge in [0.05, 0.1) is 19.8 Å². The molecule has 1 aliphatic rings. The van der Waals surface area contributed by atoms with Crippen LogP contribution in [0.1, 0.15) is 0 Å². The maximum Gasteiger partial charge on any atom is 0.406 e. The molecule has 0 spiro atoms. The van der Waals surface area contributed by atoms with Crippen molar-refractivity contribution < 1.29 is 37.3 Å². The van der Waals surface area contributed by atoms with E-state index >= 15 is 0 Å². The summed E-state index contributed by atoms with van der Waals surface area (Å²) in [6, 6.07) is 0. The van der Waals surface area contributed by atoms with Gasteiger partial charge in [0.2, 0.25) is 0 Å². The van der Waals surface area contributed by atoms with Gasteiger partial charge in [-0.05, 0) is 0 Å². The van der Waals surface area contributed by atoms with E-state index in [1.807, 2.05) is 0 Å². The Labute approximate surface area is 100 Å². The smallest absolute Gasteiger partial charge is 0.406 e. The van der Waals surface area contributed by atoms with Gasteiger partial charge in [-0.3, -0.25) is 9.59 Å². The predicted molar refractivity (Wildman–Crippen MR) is 50.8 cm³/mol. The molecule has 104 valence electrons. The molecule has 0 aliphatic carbocycles. The third-order valence-corrected chi connectivity index (χ3v) is 2.10. The van der Waals surface area contributed by atoms with Crippen LogP contribution in [0, 0.1) is 0 Å². The van der Waals surface area contributed by atoms with Gasteiger partial charge in [0.25, 0.3) is 5.91 Å². The minimum atomic E-state index is -4.67. The van der Waals surface area contributed by atoms with E-state index in [4.69, 9.17) is 14.6 Å². The van der Waals surface area contributed by atoms with Crippen LogP contribution in [0.15, 0.2) is 0 Å². The molecule has 0 aromatic heterocycles. The van der Waals surface area contributed by atoms with Crippen molar-refractivity contribution in [2.75, 3.05) is 32.9 Å². The molecule has 0 aromatic rings. The van der Waals surface area contributed by atoms with Gasteiger partial charge in [-0.25, -0.2) is 0 Å². The Morgan fingerprint density at radius 3 is 2.44 bits per heavy atom. The molecular weight excluding hydrogens is 259 g/mol. The second-order valence-corrected chi connectivity index (χ2v) is 3.64. The highest BCUT2D eigenvalue weighted by Crippen LogP contribution is 2.18. The summed E-state index contributed by atoms with van der Waals surface area (Å²) in [7, 11) is 0. The van der Waals surface area contributed by atoms with Crippen molar-refractivity contribution in [1.82, 2.24) is 4.90 Å². The summed E-state index contributed by atoms with van der Waals surface area (Å²) in [6.45, 7) is -2.49. The average molecular weight is 271 g/mol. The first-order valence-corrected chi connectivity index (χ1v) is 5.06. The summed E-state index contributed by atoms with van der Waals surface area (Å²) in [6.07, 6.45) is -5.85. The molecule has 0 bridgehead atoms. The van der Waals surface area contributed by atoms with Crippen molar-refractivity contribution in [2.24, 2.45) is 0 Å². The summed E-state index contributed by atoms with van der Waals surface area (Å²) in [5, 5.41) is 8.49. The molecule has 18 heavy (non-hydrogen) atoms. The lowest BCUT2D eigenvalue weighted by Crippen LogP contribution is -2.50. The Kier molecular flexibility index (Phi) is 4.91. The number of alkyl halides is 3. The summed E-state index contributed by atoms with van der Waals surface area (Å²) in [4.78, 5) is 22.3. The van der Waals surface area contributed by atoms with Crippen molar-refractivity contribution in [1.29, 1.82) is 0 Å². The van der Waals surface area contributed by atoms with Crippen LogP contribution >= 0.6 is 0 Å². The number of carboxylic acid groups (broad SMARTS) is 1. The van der Waals surface area contributed by atoms with Gasteiger partial charge in [0.1, 0.15) is 13.1 Å².